The van der Waals surface area contributed by atoms with Crippen molar-refractivity contribution in [1.82, 2.24) is 15.7 Å². The molecule has 2 heterocycles. The van der Waals surface area contributed by atoms with Crippen molar-refractivity contribution < 1.29 is 22.7 Å². The Balaban J connectivity index is 1.92. The molecule has 0 bridgehead atoms. The number of nitrogens with one attached hydrogen (secondary N) is 2. The number of carbonyl (C=O) groups excluding carboxylic acids is 1. The van der Waals surface area contributed by atoms with Gasteiger partial charge in [-0.1, -0.05) is 12.1 Å². The number of hydrogen-bond acceptors (Lipinski definition) is 6. The van der Waals surface area contributed by atoms with E-state index in [0.717, 1.165) is 5.56 Å². The topological polar surface area (TPSA) is 88.0 Å². The van der Waals surface area contributed by atoms with Crippen LogP contribution in [0.4, 0.5) is 13.2 Å². The second-order valence-electron chi connectivity index (χ2n) is 6.67. The molecule has 0 fully saturated rings. The molecule has 0 aromatic carbocycles. The molecular formula is C20H24F3N5O2. The molecule has 0 aliphatic carbocycles. The van der Waals surface area contributed by atoms with E-state index in [1.807, 2.05) is 13.8 Å². The summed E-state index contributed by atoms with van der Waals surface area (Å²) in [5.41, 5.74) is 5.11. The summed E-state index contributed by atoms with van der Waals surface area (Å²) in [6, 6.07) is 3.16. The van der Waals surface area contributed by atoms with E-state index >= 15 is 0 Å². The van der Waals surface area contributed by atoms with Crippen molar-refractivity contribution in [2.75, 3.05) is 6.61 Å². The summed E-state index contributed by atoms with van der Waals surface area (Å²) in [5, 5.41) is 7.11. The first kappa shape index (κ1) is 23.1. The van der Waals surface area contributed by atoms with Crippen LogP contribution in [0.1, 0.15) is 32.8 Å². The third kappa shape index (κ3) is 7.34. The van der Waals surface area contributed by atoms with Crippen molar-refractivity contribution in [3.05, 3.63) is 47.8 Å². The third-order valence-electron chi connectivity index (χ3n) is 3.81. The van der Waals surface area contributed by atoms with E-state index in [2.05, 4.69) is 25.8 Å². The van der Waals surface area contributed by atoms with E-state index in [1.54, 1.807) is 25.1 Å². The zero-order valence-corrected chi connectivity index (χ0v) is 17.0. The second kappa shape index (κ2) is 10.6. The minimum atomic E-state index is -4.26. The van der Waals surface area contributed by atoms with Gasteiger partial charge in [-0.25, -0.2) is 4.98 Å². The molecule has 0 saturated carbocycles. The Kier molecular flexibility index (Phi) is 8.14. The summed E-state index contributed by atoms with van der Waals surface area (Å²) in [5.74, 6) is -0.154. The Hall–Kier alpha value is -3.17. The zero-order chi connectivity index (χ0) is 22.1. The van der Waals surface area contributed by atoms with Crippen LogP contribution < -0.4 is 15.5 Å². The van der Waals surface area contributed by atoms with Crippen LogP contribution in [0.5, 0.6) is 5.88 Å². The summed E-state index contributed by atoms with van der Waals surface area (Å²) in [4.78, 5) is 20.4. The predicted molar refractivity (Wildman–Crippen MR) is 108 cm³/mol. The lowest BCUT2D eigenvalue weighted by molar-refractivity contribution is -0.139. The van der Waals surface area contributed by atoms with Gasteiger partial charge in [0.2, 0.25) is 5.88 Å². The van der Waals surface area contributed by atoms with Crippen LogP contribution in [0.25, 0.3) is 0 Å². The molecule has 10 heteroatoms. The molecule has 1 aromatic rings. The first-order valence-electron chi connectivity index (χ1n) is 9.37. The molecule has 30 heavy (non-hydrogen) atoms. The molecule has 2 N–H and O–H groups in total. The van der Waals surface area contributed by atoms with Gasteiger partial charge in [-0.3, -0.25) is 9.79 Å². The molecule has 162 valence electrons. The molecule has 0 spiro atoms. The van der Waals surface area contributed by atoms with Crippen LogP contribution in [-0.4, -0.2) is 41.1 Å². The lowest BCUT2D eigenvalue weighted by Crippen LogP contribution is -2.38. The second-order valence-corrected chi connectivity index (χ2v) is 6.67. The van der Waals surface area contributed by atoms with E-state index < -0.39 is 19.2 Å². The van der Waals surface area contributed by atoms with Crippen molar-refractivity contribution in [2.45, 2.75) is 46.0 Å². The van der Waals surface area contributed by atoms with E-state index in [1.165, 1.54) is 18.5 Å². The fraction of sp³-hybridized carbons (Fsp3) is 0.400. The Morgan fingerprint density at radius 3 is 2.70 bits per heavy atom. The standard InChI is InChI=1S/C20H24F3N5O2/c1-4-15-16(7-9-24-18(15)19(29)27-13(2)3)28-26-12-14-5-6-17(25-11-14)30-10-8-20(21,22)23/h4-7,9,11,13,26H,8,10,12H2,1-3H3,(H,27,29)/b15-4+,28-16-. The zero-order valence-electron chi connectivity index (χ0n) is 17.0. The Bertz CT molecular complexity index is 856. The van der Waals surface area contributed by atoms with Gasteiger partial charge >= 0.3 is 6.18 Å². The molecule has 2 rings (SSSR count). The van der Waals surface area contributed by atoms with Crippen molar-refractivity contribution in [2.24, 2.45) is 10.1 Å². The van der Waals surface area contributed by atoms with Crippen molar-refractivity contribution in [1.29, 1.82) is 0 Å². The summed E-state index contributed by atoms with van der Waals surface area (Å²) in [7, 11) is 0. The van der Waals surface area contributed by atoms with Crippen molar-refractivity contribution in [3.8, 4) is 5.88 Å². The van der Waals surface area contributed by atoms with Crippen molar-refractivity contribution >= 4 is 17.3 Å². The number of aromatic nitrogens is 1. The number of halogens is 3. The van der Waals surface area contributed by atoms with Crippen molar-refractivity contribution in [3.63, 3.8) is 0 Å². The molecule has 1 aliphatic rings. The van der Waals surface area contributed by atoms with Gasteiger partial charge in [-0.05, 0) is 32.4 Å². The third-order valence-corrected chi connectivity index (χ3v) is 3.81. The molecular weight excluding hydrogens is 399 g/mol. The highest BCUT2D eigenvalue weighted by Gasteiger charge is 2.27. The quantitative estimate of drug-likeness (QED) is 0.628. The number of alkyl halides is 3. The van der Waals surface area contributed by atoms with Gasteiger partial charge < -0.3 is 15.5 Å². The number of ether oxygens (including phenoxy) is 1. The van der Waals surface area contributed by atoms with Gasteiger partial charge in [0.25, 0.3) is 5.91 Å². The molecule has 0 radical (unpaired) electrons. The van der Waals surface area contributed by atoms with Crippen LogP contribution in [0.2, 0.25) is 0 Å². The highest BCUT2D eigenvalue weighted by molar-refractivity contribution is 6.53. The fourth-order valence-electron chi connectivity index (χ4n) is 2.44. The Morgan fingerprint density at radius 2 is 2.10 bits per heavy atom. The number of pyridine rings is 1. The number of rotatable bonds is 8. The number of amides is 1. The molecule has 0 atom stereocenters. The van der Waals surface area contributed by atoms with Crippen LogP contribution in [0.15, 0.2) is 52.3 Å². The number of aliphatic imine (C=N–C) groups is 1. The molecule has 0 unspecified atom stereocenters. The minimum Gasteiger partial charge on any atom is -0.477 e. The summed E-state index contributed by atoms with van der Waals surface area (Å²) >= 11 is 0. The summed E-state index contributed by atoms with van der Waals surface area (Å²) in [6.07, 6.45) is 1.16. The predicted octanol–water partition coefficient (Wildman–Crippen LogP) is 3.30. The molecule has 7 nitrogen and oxygen atoms in total. The minimum absolute atomic E-state index is 0.0179. The summed E-state index contributed by atoms with van der Waals surface area (Å²) < 4.78 is 41.4. The average Bonchev–Trinajstić information content (AvgIpc) is 2.67. The van der Waals surface area contributed by atoms with Crippen LogP contribution in [-0.2, 0) is 11.3 Å². The maximum absolute atomic E-state index is 12.3. The van der Waals surface area contributed by atoms with Gasteiger partial charge in [-0.15, -0.1) is 0 Å². The molecule has 1 aliphatic heterocycles. The highest BCUT2D eigenvalue weighted by Crippen LogP contribution is 2.19. The number of allylic oxidation sites excluding steroid dienone is 2. The largest absolute Gasteiger partial charge is 0.477 e. The van der Waals surface area contributed by atoms with Gasteiger partial charge in [0.1, 0.15) is 5.71 Å². The molecule has 1 amide bonds. The first-order valence-corrected chi connectivity index (χ1v) is 9.37. The van der Waals surface area contributed by atoms with Crippen LogP contribution in [0.3, 0.4) is 0 Å². The Labute approximate surface area is 172 Å². The monoisotopic (exact) mass is 423 g/mol. The van der Waals surface area contributed by atoms with Gasteiger partial charge in [0.15, 0.2) is 0 Å². The average molecular weight is 423 g/mol. The normalized spacial score (nSPS) is 16.7. The van der Waals surface area contributed by atoms with Crippen LogP contribution >= 0.6 is 0 Å². The summed E-state index contributed by atoms with van der Waals surface area (Å²) in [6.45, 7) is 5.38. The SMILES string of the molecule is C/C=C1/C(C(=O)NC(C)C)=NC=C/C1=N/NCc1ccc(OCCC(F)(F)F)nc1. The number of nitrogens with zero attached hydrogens (tertiary/aromatic N) is 3. The highest BCUT2D eigenvalue weighted by atomic mass is 19.4. The van der Waals surface area contributed by atoms with E-state index in [-0.39, 0.29) is 23.5 Å². The van der Waals surface area contributed by atoms with E-state index in [4.69, 9.17) is 4.74 Å². The number of hydrazone groups is 1. The van der Waals surface area contributed by atoms with E-state index in [0.29, 0.717) is 17.8 Å². The smallest absolute Gasteiger partial charge is 0.392 e. The lowest BCUT2D eigenvalue weighted by atomic mass is 10.0. The Morgan fingerprint density at radius 1 is 1.33 bits per heavy atom. The first-order chi connectivity index (χ1) is 14.2. The van der Waals surface area contributed by atoms with Gasteiger partial charge in [-0.2, -0.15) is 18.3 Å². The lowest BCUT2D eigenvalue weighted by Gasteiger charge is -2.15. The maximum atomic E-state index is 12.3. The van der Waals surface area contributed by atoms with E-state index in [9.17, 15) is 18.0 Å². The molecule has 1 aromatic heterocycles. The fourth-order valence-corrected chi connectivity index (χ4v) is 2.44. The maximum Gasteiger partial charge on any atom is 0.392 e. The van der Waals surface area contributed by atoms with Gasteiger partial charge in [0, 0.05) is 30.1 Å². The number of hydrogen-bond donors (Lipinski definition) is 2. The van der Waals surface area contributed by atoms with Gasteiger partial charge in [0.05, 0.1) is 25.3 Å². The molecule has 0 saturated heterocycles. The van der Waals surface area contributed by atoms with Crippen LogP contribution in [0, 0.1) is 0 Å². The number of carbonyl (C=O) groups is 1.